The van der Waals surface area contributed by atoms with Crippen LogP contribution in [0.1, 0.15) is 113 Å². The molecule has 7 heterocycles. The van der Waals surface area contributed by atoms with Gasteiger partial charge in [-0.1, -0.05) is 6.07 Å². The predicted octanol–water partition coefficient (Wildman–Crippen LogP) is 4.01. The van der Waals surface area contributed by atoms with E-state index >= 15 is 0 Å². The van der Waals surface area contributed by atoms with Crippen molar-refractivity contribution < 1.29 is 95.3 Å². The number of aromatic nitrogens is 10. The molecule has 0 radical (unpaired) electrons. The molecule has 11 N–H and O–H groups in total. The molecule has 40 heteroatoms. The van der Waals surface area contributed by atoms with E-state index in [0.717, 1.165) is 0 Å². The lowest BCUT2D eigenvalue weighted by atomic mass is 9.93. The summed E-state index contributed by atoms with van der Waals surface area (Å²) in [5, 5.41) is 35.5. The molecular weight excluding hydrogens is 1570 g/mol. The molecule has 0 atom stereocenters. The summed E-state index contributed by atoms with van der Waals surface area (Å²) in [7, 11) is 9.63. The van der Waals surface area contributed by atoms with Gasteiger partial charge >= 0.3 is 0 Å². The molecule has 0 bridgehead atoms. The lowest BCUT2D eigenvalue weighted by Crippen LogP contribution is -2.33. The number of pyridine rings is 1. The van der Waals surface area contributed by atoms with Crippen LogP contribution >= 0.6 is 0 Å². The third-order valence-electron chi connectivity index (χ3n) is 18.1. The molecule has 120 heavy (non-hydrogen) atoms. The van der Waals surface area contributed by atoms with Gasteiger partial charge in [-0.25, -0.2) is 19.3 Å². The molecule has 9 rings (SSSR count). The first kappa shape index (κ1) is 91.6. The maximum atomic E-state index is 14.2. The van der Waals surface area contributed by atoms with Gasteiger partial charge in [0.2, 0.25) is 29.4 Å². The van der Waals surface area contributed by atoms with Crippen LogP contribution in [0.15, 0.2) is 96.7 Å². The van der Waals surface area contributed by atoms with Crippen LogP contribution in [0.5, 0.6) is 11.5 Å². The van der Waals surface area contributed by atoms with Gasteiger partial charge in [0.15, 0.2) is 17.5 Å². The molecule has 2 aromatic carbocycles. The van der Waals surface area contributed by atoms with Crippen molar-refractivity contribution in [1.82, 2.24) is 73.9 Å². The number of fused-ring (bicyclic) bond motifs is 1. The zero-order chi connectivity index (χ0) is 86.4. The van der Waals surface area contributed by atoms with E-state index in [2.05, 4.69) is 67.8 Å². The number of benzene rings is 2. The summed E-state index contributed by atoms with van der Waals surface area (Å²) in [6.45, 7) is 12.6. The molecule has 0 aliphatic carbocycles. The third kappa shape index (κ3) is 27.4. The largest absolute Gasteiger partial charge is 0.456 e. The fraction of sp³-hybridized carbons (Fsp3) is 0.438. The molecule has 0 spiro atoms. The lowest BCUT2D eigenvalue weighted by molar-refractivity contribution is -0.121. The number of anilines is 4. The molecule has 0 aliphatic heterocycles. The molecule has 0 saturated heterocycles. The molecule has 9 aromatic rings. The minimum atomic E-state index is -1.22. The summed E-state index contributed by atoms with van der Waals surface area (Å²) in [6.07, 6.45) is 10.4. The zero-order valence-electron chi connectivity index (χ0n) is 68.7. The maximum Gasteiger partial charge on any atom is 0.291 e. The third-order valence-corrected chi connectivity index (χ3v) is 18.1. The number of amides is 9. The van der Waals surface area contributed by atoms with E-state index in [-0.39, 0.29) is 140 Å². The normalized spacial score (nSPS) is 11.4. The number of hydrogen-bond donors (Lipinski definition) is 11. The van der Waals surface area contributed by atoms with Gasteiger partial charge in [0.1, 0.15) is 39.9 Å². The van der Waals surface area contributed by atoms with E-state index in [0.29, 0.717) is 143 Å². The fourth-order valence-corrected chi connectivity index (χ4v) is 12.1. The summed E-state index contributed by atoms with van der Waals surface area (Å²) in [5.41, 5.74) is 2.71. The molecule has 7 aromatic heterocycles. The Morgan fingerprint density at radius 1 is 0.450 bits per heavy atom. The van der Waals surface area contributed by atoms with Crippen LogP contribution < -0.4 is 58.1 Å². The average molecular weight is 1670 g/mol. The number of rotatable bonds is 50. The molecular formula is C80H104FN19O20. The number of imidazole rings is 3. The van der Waals surface area contributed by atoms with Crippen LogP contribution in [0.2, 0.25) is 0 Å². The standard InChI is InChI=1S/C80H104FN19O20/c1-50-39-53(81)40-51(2)69(50)120-62-12-11-52(80(3,4)111)41-56(62)58-47-100(10)79(110)68-57(58)44-59(90-68)73(104)87-21-24-113-26-28-115-30-32-117-34-36-119-38-37-118-35-33-116-31-29-114-27-25-112-23-20-82-65(101)13-16-86-76(107)71-93-63(48-98(71)8)91-66(102)14-17-85-75(106)61-43-55(46-97(61)7)89-78(109)72-94-64(49-99(72)9)92-67(103)15-18-84-74(105)60-42-54(45-96(60)6)88-77(108)70-83-19-22-95(70)5/h11-12,19,22,39-49,90,111H,13-18,20-21,23-38H2,1-10H3,(H,82,101)(H,84,105)(H,85,106)(H,86,107)(H,87,104)(H,88,108)(H,89,109)(H,91,102)(H,92,103). The number of aryl methyl sites for hydroxylation is 8. The van der Waals surface area contributed by atoms with Gasteiger partial charge in [-0.15, -0.1) is 0 Å². The zero-order valence-corrected chi connectivity index (χ0v) is 68.7. The first-order chi connectivity index (χ1) is 57.5. The maximum absolute atomic E-state index is 14.2. The fourth-order valence-electron chi connectivity index (χ4n) is 12.1. The molecule has 0 unspecified atom stereocenters. The summed E-state index contributed by atoms with van der Waals surface area (Å²) >= 11 is 0. The highest BCUT2D eigenvalue weighted by Crippen LogP contribution is 2.41. The number of hydrogen-bond acceptors (Lipinski definition) is 23. The Morgan fingerprint density at radius 2 is 0.883 bits per heavy atom. The summed E-state index contributed by atoms with van der Waals surface area (Å²) in [5.74, 6) is -3.67. The first-order valence-corrected chi connectivity index (χ1v) is 38.7. The molecule has 39 nitrogen and oxygen atoms in total. The number of H-pyrrole nitrogens is 1. The van der Waals surface area contributed by atoms with E-state index in [1.807, 2.05) is 0 Å². The first-order valence-electron chi connectivity index (χ1n) is 38.7. The van der Waals surface area contributed by atoms with Gasteiger partial charge in [-0.05, 0) is 86.8 Å². The lowest BCUT2D eigenvalue weighted by Gasteiger charge is -2.22. The molecule has 9 amide bonds. The van der Waals surface area contributed by atoms with E-state index in [4.69, 9.17) is 42.6 Å². The molecule has 0 fully saturated rings. The van der Waals surface area contributed by atoms with E-state index in [9.17, 15) is 57.4 Å². The number of nitrogens with zero attached hydrogens (tertiary/aromatic N) is 9. The van der Waals surface area contributed by atoms with Crippen molar-refractivity contribution in [2.24, 2.45) is 42.3 Å². The van der Waals surface area contributed by atoms with E-state index < -0.39 is 52.9 Å². The number of ether oxygens (including phenoxy) is 9. The Labute approximate surface area is 690 Å². The van der Waals surface area contributed by atoms with Crippen molar-refractivity contribution >= 4 is 87.1 Å². The van der Waals surface area contributed by atoms with E-state index in [1.165, 1.54) is 71.9 Å². The monoisotopic (exact) mass is 1670 g/mol. The number of halogens is 1. The average Bonchev–Trinajstić information content (AvgIpc) is 1.48. The quantitative estimate of drug-likeness (QED) is 0.0240. The van der Waals surface area contributed by atoms with Crippen LogP contribution in [0.4, 0.5) is 27.4 Å². The number of aliphatic hydroxyl groups is 1. The second kappa shape index (κ2) is 45.0. The van der Waals surface area contributed by atoms with Gasteiger partial charge in [-0.2, -0.15) is 0 Å². The van der Waals surface area contributed by atoms with Gasteiger partial charge in [0, 0.05) is 154 Å². The number of carbonyl (C=O) groups excluding carboxylic acids is 9. The smallest absolute Gasteiger partial charge is 0.291 e. The van der Waals surface area contributed by atoms with Crippen LogP contribution in [-0.2, 0) is 100 Å². The Kier molecular flexibility index (Phi) is 34.4. The molecule has 646 valence electrons. The Bertz CT molecular complexity index is 5080. The summed E-state index contributed by atoms with van der Waals surface area (Å²) < 4.78 is 73.9. The van der Waals surface area contributed by atoms with Gasteiger partial charge < -0.3 is 128 Å². The van der Waals surface area contributed by atoms with Crippen molar-refractivity contribution in [2.75, 3.05) is 160 Å². The summed E-state index contributed by atoms with van der Waals surface area (Å²) in [6, 6.07) is 12.5. The van der Waals surface area contributed by atoms with Gasteiger partial charge in [0.05, 0.1) is 123 Å². The Balaban J connectivity index is 0.519. The van der Waals surface area contributed by atoms with Crippen LogP contribution in [0, 0.1) is 19.7 Å². The minimum Gasteiger partial charge on any atom is -0.456 e. The Morgan fingerprint density at radius 3 is 1.35 bits per heavy atom. The minimum absolute atomic E-state index is 0.0104. The van der Waals surface area contributed by atoms with E-state index in [1.54, 1.807) is 117 Å². The number of carbonyl (C=O) groups is 9. The second-order valence-corrected chi connectivity index (χ2v) is 28.1. The highest BCUT2D eigenvalue weighted by atomic mass is 19.1. The van der Waals surface area contributed by atoms with Crippen molar-refractivity contribution in [3.63, 3.8) is 0 Å². The number of aromatic amines is 1. The van der Waals surface area contributed by atoms with Crippen molar-refractivity contribution in [3.05, 3.63) is 159 Å². The van der Waals surface area contributed by atoms with Crippen molar-refractivity contribution in [2.45, 2.75) is 52.6 Å². The SMILES string of the molecule is Cc1cc(F)cc(C)c1Oc1ccc(C(C)(C)O)cc1-c1cn(C)c(=O)c2[nH]c(C(=O)NCCOCCOCCOCCOCCOCCOCCOCCOCCNC(=O)CCNC(=O)c3nc(NC(=O)CCNC(=O)c4cc(NC(=O)c5nc(NC(=O)CCNC(=O)c6cc(NC(=O)c7nccn7C)cn6C)cn5C)cn4C)cn3C)cc12. The number of nitrogens with one attached hydrogen (secondary N) is 10. The highest BCUT2D eigenvalue weighted by molar-refractivity contribution is 6.06. The second-order valence-electron chi connectivity index (χ2n) is 28.1. The van der Waals surface area contributed by atoms with Crippen molar-refractivity contribution in [3.8, 4) is 22.6 Å². The molecule has 0 aliphatic rings. The summed E-state index contributed by atoms with van der Waals surface area (Å²) in [4.78, 5) is 145. The molecule has 0 saturated carbocycles. The predicted molar refractivity (Wildman–Crippen MR) is 437 cm³/mol. The topological polar surface area (TPSA) is 466 Å². The van der Waals surface area contributed by atoms with Crippen LogP contribution in [0.3, 0.4) is 0 Å². The van der Waals surface area contributed by atoms with Gasteiger partial charge in [-0.3, -0.25) is 47.9 Å². The Hall–Kier alpha value is -12.3. The van der Waals surface area contributed by atoms with Crippen molar-refractivity contribution in [1.29, 1.82) is 0 Å². The highest BCUT2D eigenvalue weighted by Gasteiger charge is 2.26. The van der Waals surface area contributed by atoms with Crippen LogP contribution in [0.25, 0.3) is 22.0 Å². The van der Waals surface area contributed by atoms with Gasteiger partial charge in [0.25, 0.3) is 41.0 Å². The van der Waals surface area contributed by atoms with Crippen LogP contribution in [-0.4, -0.2) is 244 Å².